The van der Waals surface area contributed by atoms with E-state index in [1.54, 1.807) is 11.3 Å². The van der Waals surface area contributed by atoms with Crippen LogP contribution >= 0.6 is 11.3 Å². The van der Waals surface area contributed by atoms with Crippen LogP contribution in [0.25, 0.3) is 0 Å². The van der Waals surface area contributed by atoms with Crippen LogP contribution in [0.1, 0.15) is 32.1 Å². The van der Waals surface area contributed by atoms with E-state index in [-0.39, 0.29) is 5.92 Å². The number of Topliss-reactive ketones (excluding diaryl/α,β-unsaturated/α-hetero) is 1. The number of thiophene rings is 1. The summed E-state index contributed by atoms with van der Waals surface area (Å²) in [6.07, 6.45) is 1.60. The average molecular weight is 210 g/mol. The second-order valence-corrected chi connectivity index (χ2v) is 5.11. The number of aryl methyl sites for hydroxylation is 1. The molecule has 0 spiro atoms. The van der Waals surface area contributed by atoms with E-state index < -0.39 is 0 Å². The number of carbonyl (C=O) groups is 1. The number of carbonyl (C=O) groups excluding carboxylic acids is 1. The van der Waals surface area contributed by atoms with Gasteiger partial charge < -0.3 is 0 Å². The summed E-state index contributed by atoms with van der Waals surface area (Å²) in [6.45, 7) is 6.24. The smallest absolute Gasteiger partial charge is 0.136 e. The van der Waals surface area contributed by atoms with Crippen LogP contribution in [0.5, 0.6) is 0 Å². The number of hydrogen-bond acceptors (Lipinski definition) is 2. The Kier molecular flexibility index (Phi) is 4.33. The molecule has 0 amide bonds. The Bertz CT molecular complexity index is 275. The summed E-state index contributed by atoms with van der Waals surface area (Å²) >= 11 is 1.73. The quantitative estimate of drug-likeness (QED) is 0.726. The Hall–Kier alpha value is -0.630. The second-order valence-electron chi connectivity index (χ2n) is 4.08. The van der Waals surface area contributed by atoms with Gasteiger partial charge in [-0.15, -0.1) is 11.3 Å². The van der Waals surface area contributed by atoms with Gasteiger partial charge in [-0.25, -0.2) is 0 Å². The van der Waals surface area contributed by atoms with E-state index >= 15 is 0 Å². The number of rotatable bonds is 5. The lowest BCUT2D eigenvalue weighted by Crippen LogP contribution is -2.17. The van der Waals surface area contributed by atoms with Crippen LogP contribution in [0.3, 0.4) is 0 Å². The molecule has 0 fully saturated rings. The number of hydrogen-bond donors (Lipinski definition) is 0. The van der Waals surface area contributed by atoms with Crippen molar-refractivity contribution in [2.24, 2.45) is 11.8 Å². The third-order valence-electron chi connectivity index (χ3n) is 2.71. The standard InChI is InChI=1S/C12H18OS/c1-9(2)10(3)12(13)7-6-11-5-4-8-14-11/h4-5,8-10H,6-7H2,1-3H3. The van der Waals surface area contributed by atoms with Crippen LogP contribution in [-0.4, -0.2) is 5.78 Å². The Labute approximate surface area is 90.2 Å². The molecular formula is C12H18OS. The van der Waals surface area contributed by atoms with E-state index in [1.165, 1.54) is 4.88 Å². The molecule has 1 aromatic heterocycles. The summed E-state index contributed by atoms with van der Waals surface area (Å²) in [6, 6.07) is 4.13. The third-order valence-corrected chi connectivity index (χ3v) is 3.64. The number of ketones is 1. The fourth-order valence-electron chi connectivity index (χ4n) is 1.30. The summed E-state index contributed by atoms with van der Waals surface area (Å²) < 4.78 is 0. The molecule has 1 nitrogen and oxygen atoms in total. The van der Waals surface area contributed by atoms with Gasteiger partial charge in [0, 0.05) is 17.2 Å². The second kappa shape index (κ2) is 5.30. The van der Waals surface area contributed by atoms with Gasteiger partial charge in [-0.3, -0.25) is 4.79 Å². The van der Waals surface area contributed by atoms with Gasteiger partial charge in [0.25, 0.3) is 0 Å². The summed E-state index contributed by atoms with van der Waals surface area (Å²) in [5.74, 6) is 1.06. The molecule has 1 heterocycles. The molecule has 14 heavy (non-hydrogen) atoms. The lowest BCUT2D eigenvalue weighted by Gasteiger charge is -2.13. The molecule has 0 aliphatic heterocycles. The highest BCUT2D eigenvalue weighted by atomic mass is 32.1. The van der Waals surface area contributed by atoms with E-state index in [9.17, 15) is 4.79 Å². The molecule has 1 aromatic rings. The van der Waals surface area contributed by atoms with Crippen molar-refractivity contribution in [1.82, 2.24) is 0 Å². The predicted molar refractivity (Wildman–Crippen MR) is 61.6 cm³/mol. The van der Waals surface area contributed by atoms with Crippen LogP contribution in [0.15, 0.2) is 17.5 Å². The van der Waals surface area contributed by atoms with Gasteiger partial charge in [0.15, 0.2) is 0 Å². The van der Waals surface area contributed by atoms with E-state index in [4.69, 9.17) is 0 Å². The van der Waals surface area contributed by atoms with Crippen molar-refractivity contribution in [3.05, 3.63) is 22.4 Å². The van der Waals surface area contributed by atoms with Gasteiger partial charge in [-0.05, 0) is 23.8 Å². The van der Waals surface area contributed by atoms with Gasteiger partial charge >= 0.3 is 0 Å². The van der Waals surface area contributed by atoms with Gasteiger partial charge in [0.2, 0.25) is 0 Å². The summed E-state index contributed by atoms with van der Waals surface area (Å²) in [4.78, 5) is 13.0. The van der Waals surface area contributed by atoms with Crippen LogP contribution < -0.4 is 0 Å². The fraction of sp³-hybridized carbons (Fsp3) is 0.583. The topological polar surface area (TPSA) is 17.1 Å². The van der Waals surface area contributed by atoms with Crippen molar-refractivity contribution in [2.75, 3.05) is 0 Å². The van der Waals surface area contributed by atoms with Gasteiger partial charge in [0.05, 0.1) is 0 Å². The largest absolute Gasteiger partial charge is 0.299 e. The van der Waals surface area contributed by atoms with Crippen LogP contribution in [0.2, 0.25) is 0 Å². The third kappa shape index (κ3) is 3.26. The summed E-state index contributed by atoms with van der Waals surface area (Å²) in [7, 11) is 0. The van der Waals surface area contributed by atoms with Crippen LogP contribution in [0.4, 0.5) is 0 Å². The van der Waals surface area contributed by atoms with Crippen molar-refractivity contribution < 1.29 is 4.79 Å². The Morgan fingerprint density at radius 3 is 2.64 bits per heavy atom. The molecule has 0 aliphatic carbocycles. The maximum Gasteiger partial charge on any atom is 0.136 e. The Balaban J connectivity index is 2.35. The molecule has 0 saturated heterocycles. The SMILES string of the molecule is CC(C)C(C)C(=O)CCc1cccs1. The zero-order chi connectivity index (χ0) is 10.6. The maximum atomic E-state index is 11.7. The molecule has 1 rings (SSSR count). The summed E-state index contributed by atoms with van der Waals surface area (Å²) in [5, 5.41) is 2.06. The molecular weight excluding hydrogens is 192 g/mol. The lowest BCUT2D eigenvalue weighted by atomic mass is 9.91. The van der Waals surface area contributed by atoms with Crippen molar-refractivity contribution in [3.8, 4) is 0 Å². The van der Waals surface area contributed by atoms with Crippen molar-refractivity contribution in [3.63, 3.8) is 0 Å². The first kappa shape index (κ1) is 11.4. The minimum Gasteiger partial charge on any atom is -0.299 e. The molecule has 0 aliphatic rings. The zero-order valence-electron chi connectivity index (χ0n) is 9.12. The molecule has 0 saturated carbocycles. The van der Waals surface area contributed by atoms with Gasteiger partial charge in [0.1, 0.15) is 5.78 Å². The van der Waals surface area contributed by atoms with E-state index in [2.05, 4.69) is 25.3 Å². The minimum absolute atomic E-state index is 0.204. The average Bonchev–Trinajstić information content (AvgIpc) is 2.65. The molecule has 0 bridgehead atoms. The minimum atomic E-state index is 0.204. The first-order chi connectivity index (χ1) is 6.61. The molecule has 78 valence electrons. The Morgan fingerprint density at radius 2 is 2.14 bits per heavy atom. The van der Waals surface area contributed by atoms with Crippen molar-refractivity contribution in [2.45, 2.75) is 33.6 Å². The molecule has 1 atom stereocenters. The predicted octanol–water partition coefficient (Wildman–Crippen LogP) is 3.54. The molecule has 0 radical (unpaired) electrons. The van der Waals surface area contributed by atoms with Crippen molar-refractivity contribution in [1.29, 1.82) is 0 Å². The molecule has 1 unspecified atom stereocenters. The molecule has 2 heteroatoms. The highest BCUT2D eigenvalue weighted by Gasteiger charge is 2.15. The fourth-order valence-corrected chi connectivity index (χ4v) is 2.01. The summed E-state index contributed by atoms with van der Waals surface area (Å²) in [5.41, 5.74) is 0. The highest BCUT2D eigenvalue weighted by Crippen LogP contribution is 2.16. The van der Waals surface area contributed by atoms with E-state index in [1.807, 2.05) is 13.0 Å². The monoisotopic (exact) mass is 210 g/mol. The first-order valence-corrected chi connectivity index (χ1v) is 6.04. The lowest BCUT2D eigenvalue weighted by molar-refractivity contribution is -0.123. The Morgan fingerprint density at radius 1 is 1.43 bits per heavy atom. The molecule has 0 aromatic carbocycles. The van der Waals surface area contributed by atoms with E-state index in [0.29, 0.717) is 18.1 Å². The highest BCUT2D eigenvalue weighted by molar-refractivity contribution is 7.09. The maximum absolute atomic E-state index is 11.7. The first-order valence-electron chi connectivity index (χ1n) is 5.16. The van der Waals surface area contributed by atoms with Gasteiger partial charge in [-0.1, -0.05) is 26.8 Å². The molecule has 0 N–H and O–H groups in total. The zero-order valence-corrected chi connectivity index (χ0v) is 9.93. The van der Waals surface area contributed by atoms with Crippen molar-refractivity contribution >= 4 is 17.1 Å². The van der Waals surface area contributed by atoms with Gasteiger partial charge in [-0.2, -0.15) is 0 Å². The van der Waals surface area contributed by atoms with Crippen LogP contribution in [-0.2, 0) is 11.2 Å². The van der Waals surface area contributed by atoms with E-state index in [0.717, 1.165) is 6.42 Å². The van der Waals surface area contributed by atoms with Crippen LogP contribution in [0, 0.1) is 11.8 Å². The normalized spacial score (nSPS) is 13.1.